The summed E-state index contributed by atoms with van der Waals surface area (Å²) in [5.74, 6) is -0.0880. The molecule has 0 unspecified atom stereocenters. The van der Waals surface area contributed by atoms with E-state index < -0.39 is 10.0 Å². The maximum Gasteiger partial charge on any atom is 0.271 e. The van der Waals surface area contributed by atoms with E-state index in [1.54, 1.807) is 34.5 Å². The highest BCUT2D eigenvalue weighted by molar-refractivity contribution is 7.94. The van der Waals surface area contributed by atoms with Crippen molar-refractivity contribution in [2.75, 3.05) is 17.8 Å². The summed E-state index contributed by atoms with van der Waals surface area (Å²) in [4.78, 5) is 14.0. The molecule has 1 aromatic carbocycles. The molecule has 0 bridgehead atoms. The van der Waals surface area contributed by atoms with Crippen molar-refractivity contribution in [3.8, 4) is 0 Å². The van der Waals surface area contributed by atoms with Crippen LogP contribution in [-0.2, 0) is 10.0 Å². The molecular formula is C15H16N2O3S2. The van der Waals surface area contributed by atoms with Gasteiger partial charge in [-0.1, -0.05) is 18.2 Å². The average molecular weight is 336 g/mol. The number of carbonyl (C=O) groups is 1. The number of para-hydroxylation sites is 1. The zero-order chi connectivity index (χ0) is 15.6. The number of hydrogen-bond donors (Lipinski definition) is 1. The third-order valence-corrected chi connectivity index (χ3v) is 6.33. The first-order valence-corrected chi connectivity index (χ1v) is 9.38. The Morgan fingerprint density at radius 2 is 1.82 bits per heavy atom. The summed E-state index contributed by atoms with van der Waals surface area (Å²) in [5.41, 5.74) is 0.948. The van der Waals surface area contributed by atoms with Gasteiger partial charge in [-0.3, -0.25) is 9.52 Å². The molecule has 1 aromatic heterocycles. The lowest BCUT2D eigenvalue weighted by Gasteiger charge is -2.13. The van der Waals surface area contributed by atoms with Crippen LogP contribution in [0.4, 0.5) is 5.69 Å². The van der Waals surface area contributed by atoms with Crippen molar-refractivity contribution < 1.29 is 13.2 Å². The van der Waals surface area contributed by atoms with Gasteiger partial charge in [0.25, 0.3) is 15.9 Å². The van der Waals surface area contributed by atoms with Crippen molar-refractivity contribution in [3.63, 3.8) is 0 Å². The number of nitrogens with zero attached hydrogens (tertiary/aromatic N) is 1. The molecule has 3 rings (SSSR count). The normalized spacial score (nSPS) is 15.0. The molecule has 0 atom stereocenters. The third kappa shape index (κ3) is 3.15. The number of hydrogen-bond acceptors (Lipinski definition) is 4. The van der Waals surface area contributed by atoms with Crippen LogP contribution in [0, 0.1) is 0 Å². The molecule has 5 nitrogen and oxygen atoms in total. The van der Waals surface area contributed by atoms with Gasteiger partial charge in [-0.2, -0.15) is 0 Å². The zero-order valence-corrected chi connectivity index (χ0v) is 13.5. The molecule has 7 heteroatoms. The fraction of sp³-hybridized carbons (Fsp3) is 0.267. The molecule has 1 aliphatic heterocycles. The average Bonchev–Trinajstić information content (AvgIpc) is 3.19. The second kappa shape index (κ2) is 6.10. The Morgan fingerprint density at radius 3 is 2.50 bits per heavy atom. The number of nitrogens with one attached hydrogen (secondary N) is 1. The third-order valence-electron chi connectivity index (χ3n) is 3.51. The summed E-state index contributed by atoms with van der Waals surface area (Å²) in [6.07, 6.45) is 2.02. The van der Waals surface area contributed by atoms with Crippen LogP contribution >= 0.6 is 11.3 Å². The molecule has 116 valence electrons. The second-order valence-electron chi connectivity index (χ2n) is 5.13. The lowest BCUT2D eigenvalue weighted by atomic mass is 10.3. The van der Waals surface area contributed by atoms with Crippen LogP contribution < -0.4 is 4.72 Å². The molecule has 1 aliphatic rings. The molecule has 1 N–H and O–H groups in total. The summed E-state index contributed by atoms with van der Waals surface area (Å²) < 4.78 is 27.3. The smallest absolute Gasteiger partial charge is 0.271 e. The van der Waals surface area contributed by atoms with Gasteiger partial charge in [0, 0.05) is 24.2 Å². The van der Waals surface area contributed by atoms with Gasteiger partial charge in [-0.15, -0.1) is 11.3 Å². The number of benzene rings is 1. The zero-order valence-electron chi connectivity index (χ0n) is 11.9. The summed E-state index contributed by atoms with van der Waals surface area (Å²) in [7, 11) is -3.65. The van der Waals surface area contributed by atoms with E-state index in [-0.39, 0.29) is 10.1 Å². The Morgan fingerprint density at radius 1 is 1.14 bits per heavy atom. The fourth-order valence-electron chi connectivity index (χ4n) is 2.38. The number of amides is 1. The molecule has 0 aliphatic carbocycles. The lowest BCUT2D eigenvalue weighted by molar-refractivity contribution is 0.0793. The predicted octanol–water partition coefficient (Wildman–Crippen LogP) is 2.78. The Hall–Kier alpha value is -1.86. The van der Waals surface area contributed by atoms with Crippen molar-refractivity contribution in [3.05, 3.63) is 47.3 Å². The van der Waals surface area contributed by atoms with Crippen LogP contribution in [-0.4, -0.2) is 32.3 Å². The number of sulfonamides is 1. The van der Waals surface area contributed by atoms with E-state index in [1.165, 1.54) is 6.07 Å². The standard InChI is InChI=1S/C15H16N2O3S2/c18-15(17-8-4-5-9-17)12-10-14(21-11-12)22(19,20)16-13-6-2-1-3-7-13/h1-3,6-7,10-11,16H,4-5,8-9H2. The van der Waals surface area contributed by atoms with Gasteiger partial charge in [-0.05, 0) is 31.0 Å². The van der Waals surface area contributed by atoms with E-state index in [9.17, 15) is 13.2 Å². The van der Waals surface area contributed by atoms with E-state index in [0.717, 1.165) is 37.3 Å². The van der Waals surface area contributed by atoms with Gasteiger partial charge in [0.15, 0.2) is 0 Å². The lowest BCUT2D eigenvalue weighted by Crippen LogP contribution is -2.27. The summed E-state index contributed by atoms with van der Waals surface area (Å²) >= 11 is 1.06. The first-order chi connectivity index (χ1) is 10.6. The number of likely N-dealkylation sites (tertiary alicyclic amines) is 1. The maximum absolute atomic E-state index is 12.3. The van der Waals surface area contributed by atoms with Gasteiger partial charge in [-0.25, -0.2) is 8.42 Å². The first kappa shape index (κ1) is 15.1. The van der Waals surface area contributed by atoms with Crippen molar-refractivity contribution >= 4 is 33.0 Å². The largest absolute Gasteiger partial charge is 0.339 e. The number of carbonyl (C=O) groups excluding carboxylic acids is 1. The molecule has 22 heavy (non-hydrogen) atoms. The van der Waals surface area contributed by atoms with Crippen LogP contribution in [0.3, 0.4) is 0 Å². The fourth-order valence-corrected chi connectivity index (χ4v) is 4.60. The van der Waals surface area contributed by atoms with Gasteiger partial charge >= 0.3 is 0 Å². The minimum atomic E-state index is -3.65. The molecule has 1 amide bonds. The minimum absolute atomic E-state index is 0.0880. The van der Waals surface area contributed by atoms with Crippen LogP contribution in [0.25, 0.3) is 0 Å². The minimum Gasteiger partial charge on any atom is -0.339 e. The van der Waals surface area contributed by atoms with Gasteiger partial charge in [0.2, 0.25) is 0 Å². The van der Waals surface area contributed by atoms with E-state index >= 15 is 0 Å². The van der Waals surface area contributed by atoms with Crippen LogP contribution in [0.15, 0.2) is 46.0 Å². The molecule has 1 fully saturated rings. The Balaban J connectivity index is 1.79. The Labute approximate surface area is 133 Å². The van der Waals surface area contributed by atoms with E-state index in [2.05, 4.69) is 4.72 Å². The van der Waals surface area contributed by atoms with Crippen LogP contribution in [0.1, 0.15) is 23.2 Å². The maximum atomic E-state index is 12.3. The first-order valence-electron chi connectivity index (χ1n) is 7.02. The van der Waals surface area contributed by atoms with E-state index in [4.69, 9.17) is 0 Å². The summed E-state index contributed by atoms with van der Waals surface area (Å²) in [6, 6.07) is 10.2. The number of anilines is 1. The van der Waals surface area contributed by atoms with E-state index in [1.807, 2.05) is 6.07 Å². The highest BCUT2D eigenvalue weighted by Gasteiger charge is 2.23. The highest BCUT2D eigenvalue weighted by Crippen LogP contribution is 2.24. The van der Waals surface area contributed by atoms with E-state index in [0.29, 0.717) is 11.3 Å². The Bertz CT molecular complexity index is 763. The molecule has 2 aromatic rings. The molecule has 0 radical (unpaired) electrons. The highest BCUT2D eigenvalue weighted by atomic mass is 32.2. The van der Waals surface area contributed by atoms with Gasteiger partial charge in [0.05, 0.1) is 5.56 Å². The molecular weight excluding hydrogens is 320 g/mol. The van der Waals surface area contributed by atoms with Crippen molar-refractivity contribution in [1.29, 1.82) is 0 Å². The second-order valence-corrected chi connectivity index (χ2v) is 7.95. The topological polar surface area (TPSA) is 66.5 Å². The van der Waals surface area contributed by atoms with Crippen molar-refractivity contribution in [2.24, 2.45) is 0 Å². The van der Waals surface area contributed by atoms with Crippen LogP contribution in [0.2, 0.25) is 0 Å². The monoisotopic (exact) mass is 336 g/mol. The van der Waals surface area contributed by atoms with Gasteiger partial charge < -0.3 is 4.90 Å². The van der Waals surface area contributed by atoms with Crippen molar-refractivity contribution in [1.82, 2.24) is 4.90 Å². The summed E-state index contributed by atoms with van der Waals surface area (Å²) in [6.45, 7) is 1.50. The SMILES string of the molecule is O=C(c1csc(S(=O)(=O)Nc2ccccc2)c1)N1CCCC1. The molecule has 2 heterocycles. The predicted molar refractivity (Wildman–Crippen MR) is 86.7 cm³/mol. The van der Waals surface area contributed by atoms with Crippen molar-refractivity contribution in [2.45, 2.75) is 17.1 Å². The number of thiophene rings is 1. The molecule has 0 saturated carbocycles. The van der Waals surface area contributed by atoms with Crippen LogP contribution in [0.5, 0.6) is 0 Å². The molecule has 0 spiro atoms. The number of rotatable bonds is 4. The van der Waals surface area contributed by atoms with Gasteiger partial charge in [0.1, 0.15) is 4.21 Å². The Kier molecular flexibility index (Phi) is 4.17. The quantitative estimate of drug-likeness (QED) is 0.933. The summed E-state index contributed by atoms with van der Waals surface area (Å²) in [5, 5.41) is 1.61. The molecule has 1 saturated heterocycles.